The summed E-state index contributed by atoms with van der Waals surface area (Å²) >= 11 is 0. The maximum atomic E-state index is 13.2. The molecule has 0 N–H and O–H groups in total. The first-order chi connectivity index (χ1) is 12.5. The van der Waals surface area contributed by atoms with Crippen LogP contribution in [-0.2, 0) is 0 Å². The molecule has 0 amide bonds. The van der Waals surface area contributed by atoms with Crippen LogP contribution < -0.4 is 10.3 Å². The van der Waals surface area contributed by atoms with Crippen LogP contribution in [0.15, 0.2) is 41.3 Å². The maximum absolute atomic E-state index is 13.2. The Morgan fingerprint density at radius 2 is 1.88 bits per heavy atom. The van der Waals surface area contributed by atoms with Crippen LogP contribution in [0, 0.1) is 6.92 Å². The molecule has 0 atom stereocenters. The lowest BCUT2D eigenvalue weighted by Crippen LogP contribution is -2.23. The summed E-state index contributed by atoms with van der Waals surface area (Å²) in [5.41, 5.74) is 1.90. The van der Waals surface area contributed by atoms with Crippen molar-refractivity contribution in [3.8, 4) is 17.0 Å². The van der Waals surface area contributed by atoms with Crippen LogP contribution in [0.25, 0.3) is 27.9 Å². The number of nitrogens with zero attached hydrogens (tertiary/aromatic N) is 5. The van der Waals surface area contributed by atoms with Crippen molar-refractivity contribution in [2.75, 3.05) is 7.11 Å². The second-order valence-corrected chi connectivity index (χ2v) is 6.41. The fourth-order valence-corrected chi connectivity index (χ4v) is 3.19. The van der Waals surface area contributed by atoms with E-state index in [4.69, 9.17) is 4.74 Å². The molecule has 26 heavy (non-hydrogen) atoms. The van der Waals surface area contributed by atoms with Gasteiger partial charge in [0.05, 0.1) is 23.7 Å². The largest absolute Gasteiger partial charge is 0.496 e. The summed E-state index contributed by atoms with van der Waals surface area (Å²) in [7, 11) is 1.61. The third-order valence-electron chi connectivity index (χ3n) is 4.38. The van der Waals surface area contributed by atoms with Gasteiger partial charge in [0.2, 0.25) is 0 Å². The minimum absolute atomic E-state index is 0.0330. The number of hydrogen-bond acceptors (Lipinski definition) is 5. The first kappa shape index (κ1) is 16.3. The summed E-state index contributed by atoms with van der Waals surface area (Å²) < 4.78 is 8.85. The van der Waals surface area contributed by atoms with Crippen molar-refractivity contribution in [2.24, 2.45) is 0 Å². The quantitative estimate of drug-likeness (QED) is 0.568. The number of methoxy groups -OCH3 is 1. The van der Waals surface area contributed by atoms with E-state index in [9.17, 15) is 4.79 Å². The third-order valence-corrected chi connectivity index (χ3v) is 4.38. The van der Waals surface area contributed by atoms with E-state index in [0.717, 1.165) is 5.56 Å². The Kier molecular flexibility index (Phi) is 3.72. The summed E-state index contributed by atoms with van der Waals surface area (Å²) in [5.74, 6) is 1.71. The van der Waals surface area contributed by atoms with Gasteiger partial charge in [0.1, 0.15) is 11.6 Å². The van der Waals surface area contributed by atoms with Gasteiger partial charge in [0.25, 0.3) is 11.3 Å². The molecule has 3 aromatic heterocycles. The lowest BCUT2D eigenvalue weighted by atomic mass is 10.1. The Balaban J connectivity index is 2.26. The Bertz CT molecular complexity index is 1190. The molecular formula is C19H19N5O2. The van der Waals surface area contributed by atoms with Gasteiger partial charge in [-0.25, -0.2) is 4.98 Å². The van der Waals surface area contributed by atoms with E-state index in [1.165, 1.54) is 0 Å². The molecule has 0 aliphatic heterocycles. The molecule has 0 aliphatic carbocycles. The minimum Gasteiger partial charge on any atom is -0.496 e. The molecule has 3 heterocycles. The molecule has 0 radical (unpaired) electrons. The monoisotopic (exact) mass is 349 g/mol. The van der Waals surface area contributed by atoms with Crippen molar-refractivity contribution in [3.63, 3.8) is 0 Å². The van der Waals surface area contributed by atoms with Crippen LogP contribution in [0.2, 0.25) is 0 Å². The lowest BCUT2D eigenvalue weighted by molar-refractivity contribution is 0.416. The zero-order valence-corrected chi connectivity index (χ0v) is 15.1. The molecule has 0 bridgehead atoms. The van der Waals surface area contributed by atoms with Crippen LogP contribution in [0.3, 0.4) is 0 Å². The van der Waals surface area contributed by atoms with Crippen LogP contribution in [0.4, 0.5) is 0 Å². The molecule has 0 saturated carbocycles. The normalized spacial score (nSPS) is 11.6. The van der Waals surface area contributed by atoms with Crippen LogP contribution in [0.1, 0.15) is 25.7 Å². The van der Waals surface area contributed by atoms with Gasteiger partial charge in [-0.05, 0) is 39.0 Å². The van der Waals surface area contributed by atoms with Crippen molar-refractivity contribution in [3.05, 3.63) is 52.7 Å². The second kappa shape index (κ2) is 5.94. The van der Waals surface area contributed by atoms with Gasteiger partial charge in [0, 0.05) is 17.8 Å². The smallest absolute Gasteiger partial charge is 0.262 e. The highest BCUT2D eigenvalue weighted by Crippen LogP contribution is 2.33. The van der Waals surface area contributed by atoms with Crippen LogP contribution in [-0.4, -0.2) is 31.3 Å². The van der Waals surface area contributed by atoms with Crippen molar-refractivity contribution >= 4 is 16.7 Å². The number of para-hydroxylation sites is 1. The fraction of sp³-hybridized carbons (Fsp3) is 0.263. The van der Waals surface area contributed by atoms with E-state index in [1.807, 2.05) is 44.2 Å². The van der Waals surface area contributed by atoms with E-state index in [1.54, 1.807) is 29.3 Å². The van der Waals surface area contributed by atoms with Gasteiger partial charge in [-0.1, -0.05) is 12.1 Å². The molecule has 1 aromatic carbocycles. The predicted molar refractivity (Wildman–Crippen MR) is 99.7 cm³/mol. The molecule has 0 saturated heterocycles. The molecule has 7 nitrogen and oxygen atoms in total. The highest BCUT2D eigenvalue weighted by molar-refractivity contribution is 5.94. The number of aryl methyl sites for hydroxylation is 1. The first-order valence-corrected chi connectivity index (χ1v) is 8.43. The summed E-state index contributed by atoms with van der Waals surface area (Å²) in [6.45, 7) is 5.75. The molecule has 0 unspecified atom stereocenters. The maximum Gasteiger partial charge on any atom is 0.262 e. The number of rotatable bonds is 3. The fourth-order valence-electron chi connectivity index (χ4n) is 3.19. The Morgan fingerprint density at radius 1 is 1.12 bits per heavy atom. The molecule has 4 rings (SSSR count). The Morgan fingerprint density at radius 3 is 2.62 bits per heavy atom. The highest BCUT2D eigenvalue weighted by atomic mass is 16.5. The third kappa shape index (κ3) is 2.35. The number of pyridine rings is 1. The molecule has 7 heteroatoms. The second-order valence-electron chi connectivity index (χ2n) is 6.41. The van der Waals surface area contributed by atoms with Crippen molar-refractivity contribution in [1.82, 2.24) is 24.1 Å². The molecule has 4 aromatic rings. The summed E-state index contributed by atoms with van der Waals surface area (Å²) in [6, 6.07) is 9.45. The molecule has 132 valence electrons. The predicted octanol–water partition coefficient (Wildman–Crippen LogP) is 3.00. The van der Waals surface area contributed by atoms with Gasteiger partial charge in [-0.15, -0.1) is 5.10 Å². The van der Waals surface area contributed by atoms with Gasteiger partial charge in [-0.3, -0.25) is 4.79 Å². The van der Waals surface area contributed by atoms with Crippen LogP contribution >= 0.6 is 0 Å². The Hall–Kier alpha value is -3.22. The summed E-state index contributed by atoms with van der Waals surface area (Å²) in [6.07, 6.45) is 1.77. The van der Waals surface area contributed by atoms with E-state index >= 15 is 0 Å². The van der Waals surface area contributed by atoms with Gasteiger partial charge < -0.3 is 9.30 Å². The minimum atomic E-state index is -0.110. The summed E-state index contributed by atoms with van der Waals surface area (Å²) in [4.78, 5) is 22.2. The topological polar surface area (TPSA) is 74.3 Å². The van der Waals surface area contributed by atoms with Crippen molar-refractivity contribution < 1.29 is 4.74 Å². The van der Waals surface area contributed by atoms with E-state index in [-0.39, 0.29) is 11.6 Å². The Labute approximate surface area is 149 Å². The SMILES string of the molecule is COc1ccccc1-c1c2c(=O)n(C(C)C)ccc2nc2nc(C)nn12. The van der Waals surface area contributed by atoms with Crippen molar-refractivity contribution in [2.45, 2.75) is 26.8 Å². The standard InChI is InChI=1S/C19H19N5O2/c1-11(2)23-10-9-14-16(18(23)25)17(13-7-5-6-8-15(13)26-4)24-19(21-14)20-12(3)22-24/h5-11H,1-4H3. The zero-order chi connectivity index (χ0) is 18.4. The molecule has 0 fully saturated rings. The lowest BCUT2D eigenvalue weighted by Gasteiger charge is -2.15. The van der Waals surface area contributed by atoms with Crippen molar-refractivity contribution in [1.29, 1.82) is 0 Å². The van der Waals surface area contributed by atoms with Gasteiger partial charge >= 0.3 is 0 Å². The average molecular weight is 349 g/mol. The number of benzene rings is 1. The van der Waals surface area contributed by atoms with Crippen LogP contribution in [0.5, 0.6) is 5.75 Å². The number of ether oxygens (including phenoxy) is 1. The zero-order valence-electron chi connectivity index (χ0n) is 15.1. The number of hydrogen-bond donors (Lipinski definition) is 0. The van der Waals surface area contributed by atoms with E-state index in [0.29, 0.717) is 33.9 Å². The number of aromatic nitrogens is 5. The first-order valence-electron chi connectivity index (χ1n) is 8.43. The molecule has 0 spiro atoms. The number of fused-ring (bicyclic) bond motifs is 2. The van der Waals surface area contributed by atoms with Gasteiger partial charge in [0.15, 0.2) is 0 Å². The molecular weight excluding hydrogens is 330 g/mol. The average Bonchev–Trinajstić information content (AvgIpc) is 2.99. The van der Waals surface area contributed by atoms with E-state index < -0.39 is 0 Å². The highest BCUT2D eigenvalue weighted by Gasteiger charge is 2.20. The molecule has 0 aliphatic rings. The van der Waals surface area contributed by atoms with Gasteiger partial charge in [-0.2, -0.15) is 9.50 Å². The van der Waals surface area contributed by atoms with E-state index in [2.05, 4.69) is 15.1 Å². The summed E-state index contributed by atoms with van der Waals surface area (Å²) in [5, 5.41) is 4.97.